The van der Waals surface area contributed by atoms with Crippen LogP contribution in [0, 0.1) is 21.4 Å². The second-order valence-corrected chi connectivity index (χ2v) is 6.84. The second kappa shape index (κ2) is 7.97. The highest BCUT2D eigenvalue weighted by Crippen LogP contribution is 2.48. The van der Waals surface area contributed by atoms with Gasteiger partial charge in [0.1, 0.15) is 5.41 Å². The molecule has 1 saturated carbocycles. The van der Waals surface area contributed by atoms with E-state index in [-0.39, 0.29) is 24.6 Å². The number of rotatable bonds is 6. The Labute approximate surface area is 152 Å². The summed E-state index contributed by atoms with van der Waals surface area (Å²) in [6.07, 6.45) is 0.759. The van der Waals surface area contributed by atoms with Gasteiger partial charge in [-0.25, -0.2) is 0 Å². The predicted octanol–water partition coefficient (Wildman–Crippen LogP) is 2.22. The number of nitrogens with zero attached hydrogens (tertiary/aromatic N) is 1. The number of nitro groups is 1. The molecule has 0 spiro atoms. The van der Waals surface area contributed by atoms with Crippen molar-refractivity contribution in [3.8, 4) is 0 Å². The average Bonchev–Trinajstić information content (AvgIpc) is 2.57. The maximum absolute atomic E-state index is 13.3. The highest BCUT2D eigenvalue weighted by atomic mass is 16.6. The monoisotopic (exact) mass is 367 g/mol. The van der Waals surface area contributed by atoms with E-state index in [0.29, 0.717) is 24.8 Å². The molecule has 0 aromatic heterocycles. The molecule has 8 nitrogen and oxygen atoms in total. The lowest BCUT2D eigenvalue weighted by Crippen LogP contribution is -2.51. The van der Waals surface area contributed by atoms with Crippen molar-refractivity contribution in [1.29, 1.82) is 0 Å². The Morgan fingerprint density at radius 3 is 2.46 bits per heavy atom. The van der Waals surface area contributed by atoms with E-state index in [9.17, 15) is 24.5 Å². The molecule has 0 saturated heterocycles. The van der Waals surface area contributed by atoms with Gasteiger partial charge in [-0.2, -0.15) is 0 Å². The number of hydrogen-bond acceptors (Lipinski definition) is 7. The zero-order chi connectivity index (χ0) is 19.5. The average molecular weight is 367 g/mol. The number of carbonyl (C=O) groups excluding carboxylic acids is 3. The lowest BCUT2D eigenvalue weighted by molar-refractivity contribution is -0.532. The third kappa shape index (κ3) is 3.50. The molecule has 0 radical (unpaired) electrons. The standard InChI is InChI=1S/C18H25NO7/c1-4-25-14(20)10-18(17(22)26-5-2)9-8-12-13(19(23)24)7-6-11(3)15(12)16(18)21/h12-13H,4-10H2,1-3H3/t12-,13-,18+/m0/s1. The molecule has 0 aliphatic heterocycles. The summed E-state index contributed by atoms with van der Waals surface area (Å²) in [7, 11) is 0. The van der Waals surface area contributed by atoms with Crippen molar-refractivity contribution >= 4 is 17.7 Å². The second-order valence-electron chi connectivity index (χ2n) is 6.84. The van der Waals surface area contributed by atoms with Crippen molar-refractivity contribution in [1.82, 2.24) is 0 Å². The molecule has 0 aromatic carbocycles. The lowest BCUT2D eigenvalue weighted by atomic mass is 9.60. The van der Waals surface area contributed by atoms with Crippen LogP contribution in [0.4, 0.5) is 0 Å². The molecule has 8 heteroatoms. The van der Waals surface area contributed by atoms with Crippen LogP contribution in [0.3, 0.4) is 0 Å². The Kier molecular flexibility index (Phi) is 6.15. The predicted molar refractivity (Wildman–Crippen MR) is 90.8 cm³/mol. The first-order valence-electron chi connectivity index (χ1n) is 8.99. The summed E-state index contributed by atoms with van der Waals surface area (Å²) in [6, 6.07) is -0.833. The summed E-state index contributed by atoms with van der Waals surface area (Å²) in [5.74, 6) is -2.42. The summed E-state index contributed by atoms with van der Waals surface area (Å²) in [6.45, 7) is 5.25. The number of hydrogen-bond donors (Lipinski definition) is 0. The molecule has 0 aromatic rings. The van der Waals surface area contributed by atoms with Crippen molar-refractivity contribution in [3.63, 3.8) is 0 Å². The van der Waals surface area contributed by atoms with Crippen LogP contribution in [0.5, 0.6) is 0 Å². The molecule has 2 aliphatic carbocycles. The minimum atomic E-state index is -1.64. The van der Waals surface area contributed by atoms with Crippen LogP contribution in [0.25, 0.3) is 0 Å². The molecule has 1 fully saturated rings. The van der Waals surface area contributed by atoms with Gasteiger partial charge in [-0.3, -0.25) is 24.5 Å². The normalized spacial score (nSPS) is 28.3. The first-order chi connectivity index (χ1) is 12.3. The first-order valence-corrected chi connectivity index (χ1v) is 8.99. The third-order valence-corrected chi connectivity index (χ3v) is 5.36. The van der Waals surface area contributed by atoms with Crippen LogP contribution in [-0.2, 0) is 23.9 Å². The fourth-order valence-corrected chi connectivity index (χ4v) is 4.10. The molecule has 144 valence electrons. The summed E-state index contributed by atoms with van der Waals surface area (Å²) in [5.41, 5.74) is -0.551. The van der Waals surface area contributed by atoms with Crippen molar-refractivity contribution in [3.05, 3.63) is 21.3 Å². The molecule has 0 amide bonds. The van der Waals surface area contributed by atoms with E-state index < -0.39 is 41.5 Å². The van der Waals surface area contributed by atoms with Crippen LogP contribution < -0.4 is 0 Å². The van der Waals surface area contributed by atoms with Gasteiger partial charge in [0.05, 0.1) is 25.6 Å². The number of carbonyl (C=O) groups is 3. The fraction of sp³-hybridized carbons (Fsp3) is 0.722. The lowest BCUT2D eigenvalue weighted by Gasteiger charge is -2.40. The molecule has 2 rings (SSSR count). The molecular formula is C18H25NO7. The summed E-state index contributed by atoms with van der Waals surface area (Å²) in [5, 5.41) is 11.4. The van der Waals surface area contributed by atoms with Crippen molar-refractivity contribution in [2.45, 2.75) is 58.9 Å². The number of fused-ring (bicyclic) bond motifs is 1. The molecular weight excluding hydrogens is 342 g/mol. The van der Waals surface area contributed by atoms with Crippen LogP contribution in [0.15, 0.2) is 11.1 Å². The van der Waals surface area contributed by atoms with Crippen LogP contribution in [-0.4, -0.2) is 41.9 Å². The van der Waals surface area contributed by atoms with Crippen molar-refractivity contribution < 1.29 is 28.8 Å². The number of Topliss-reactive ketones (excluding diaryl/α,β-unsaturated/α-hetero) is 1. The first kappa shape index (κ1) is 20.1. The van der Waals surface area contributed by atoms with E-state index in [1.165, 1.54) is 0 Å². The van der Waals surface area contributed by atoms with Crippen LogP contribution in [0.2, 0.25) is 0 Å². The number of ether oxygens (including phenoxy) is 2. The van der Waals surface area contributed by atoms with E-state index in [1.54, 1.807) is 20.8 Å². The van der Waals surface area contributed by atoms with E-state index in [0.717, 1.165) is 5.57 Å². The zero-order valence-corrected chi connectivity index (χ0v) is 15.4. The summed E-state index contributed by atoms with van der Waals surface area (Å²) < 4.78 is 10.0. The summed E-state index contributed by atoms with van der Waals surface area (Å²) >= 11 is 0. The van der Waals surface area contributed by atoms with Crippen molar-refractivity contribution in [2.24, 2.45) is 11.3 Å². The molecule has 2 aliphatic rings. The van der Waals surface area contributed by atoms with Gasteiger partial charge in [0.25, 0.3) is 0 Å². The van der Waals surface area contributed by atoms with Gasteiger partial charge in [-0.15, -0.1) is 0 Å². The Hall–Kier alpha value is -2.25. The molecule has 3 atom stereocenters. The van der Waals surface area contributed by atoms with Crippen LogP contribution in [0.1, 0.15) is 52.9 Å². The van der Waals surface area contributed by atoms with Gasteiger partial charge in [-0.05, 0) is 40.0 Å². The van der Waals surface area contributed by atoms with E-state index in [4.69, 9.17) is 9.47 Å². The van der Waals surface area contributed by atoms with Gasteiger partial charge in [0, 0.05) is 16.9 Å². The minimum absolute atomic E-state index is 0.0509. The molecule has 0 heterocycles. The number of ketones is 1. The summed E-state index contributed by atoms with van der Waals surface area (Å²) in [4.78, 5) is 49.1. The Balaban J connectivity index is 2.45. The van der Waals surface area contributed by atoms with Gasteiger partial charge in [0.15, 0.2) is 5.78 Å². The molecule has 0 unspecified atom stereocenters. The maximum atomic E-state index is 13.3. The highest BCUT2D eigenvalue weighted by molar-refractivity contribution is 6.15. The third-order valence-electron chi connectivity index (χ3n) is 5.36. The minimum Gasteiger partial charge on any atom is -0.466 e. The van der Waals surface area contributed by atoms with Crippen molar-refractivity contribution in [2.75, 3.05) is 13.2 Å². The largest absolute Gasteiger partial charge is 0.466 e. The molecule has 26 heavy (non-hydrogen) atoms. The van der Waals surface area contributed by atoms with E-state index >= 15 is 0 Å². The molecule has 0 bridgehead atoms. The maximum Gasteiger partial charge on any atom is 0.320 e. The number of allylic oxidation sites excluding steroid dienone is 1. The van der Waals surface area contributed by atoms with Crippen LogP contribution >= 0.6 is 0 Å². The van der Waals surface area contributed by atoms with E-state index in [2.05, 4.69) is 0 Å². The highest BCUT2D eigenvalue weighted by Gasteiger charge is 2.57. The smallest absolute Gasteiger partial charge is 0.320 e. The van der Waals surface area contributed by atoms with Gasteiger partial charge < -0.3 is 9.47 Å². The molecule has 0 N–H and O–H groups in total. The Morgan fingerprint density at radius 1 is 1.23 bits per heavy atom. The van der Waals surface area contributed by atoms with E-state index in [1.807, 2.05) is 0 Å². The SMILES string of the molecule is CCOC(=O)C[C@]1(C(=O)OCC)CC[C@@H]2C(=C(C)CC[C@@H]2[N+](=O)[O-])C1=O. The Morgan fingerprint density at radius 2 is 1.88 bits per heavy atom. The fourth-order valence-electron chi connectivity index (χ4n) is 4.10. The Bertz CT molecular complexity index is 654. The van der Waals surface area contributed by atoms with Gasteiger partial charge in [0.2, 0.25) is 6.04 Å². The quantitative estimate of drug-likeness (QED) is 0.306. The number of esters is 2. The van der Waals surface area contributed by atoms with Gasteiger partial charge in [-0.1, -0.05) is 5.57 Å². The topological polar surface area (TPSA) is 113 Å². The zero-order valence-electron chi connectivity index (χ0n) is 15.4. The van der Waals surface area contributed by atoms with Gasteiger partial charge >= 0.3 is 11.9 Å².